The van der Waals surface area contributed by atoms with Crippen LogP contribution in [0.3, 0.4) is 0 Å². The number of carbonyl (C=O) groups excluding carboxylic acids is 3. The molecule has 2 aromatic carbocycles. The molecule has 32 heavy (non-hydrogen) atoms. The lowest BCUT2D eigenvalue weighted by molar-refractivity contribution is -0.122. The van der Waals surface area contributed by atoms with E-state index in [-0.39, 0.29) is 42.7 Å². The van der Waals surface area contributed by atoms with E-state index < -0.39 is 6.04 Å². The molecule has 0 spiro atoms. The minimum Gasteiger partial charge on any atom is -0.356 e. The third kappa shape index (κ3) is 4.83. The molecule has 1 atom stereocenters. The zero-order valence-electron chi connectivity index (χ0n) is 17.3. The lowest BCUT2D eigenvalue weighted by atomic mass is 10.1. The summed E-state index contributed by atoms with van der Waals surface area (Å²) in [4.78, 5) is 56.1. The van der Waals surface area contributed by atoms with Crippen LogP contribution in [0.5, 0.6) is 0 Å². The Morgan fingerprint density at radius 3 is 2.69 bits per heavy atom. The molecule has 0 fully saturated rings. The fraction of sp³-hybridized carbons (Fsp3) is 0.261. The number of amides is 3. The molecule has 1 aliphatic rings. The summed E-state index contributed by atoms with van der Waals surface area (Å²) in [5.41, 5.74) is 1.32. The first kappa shape index (κ1) is 21.2. The van der Waals surface area contributed by atoms with Crippen molar-refractivity contribution in [1.82, 2.24) is 20.6 Å². The van der Waals surface area contributed by atoms with Gasteiger partial charge in [0.1, 0.15) is 11.9 Å². The predicted octanol–water partition coefficient (Wildman–Crippen LogP) is 1.50. The molecule has 3 amide bonds. The Balaban J connectivity index is 1.23. The van der Waals surface area contributed by atoms with Gasteiger partial charge in [0.15, 0.2) is 0 Å². The first-order valence-electron chi connectivity index (χ1n) is 10.5. The van der Waals surface area contributed by atoms with Crippen LogP contribution in [0.1, 0.15) is 35.4 Å². The summed E-state index contributed by atoms with van der Waals surface area (Å²) >= 11 is 0. The molecule has 4 rings (SSSR count). The Hall–Kier alpha value is -4.01. The number of H-pyrrole nitrogens is 1. The summed E-state index contributed by atoms with van der Waals surface area (Å²) < 4.78 is 0. The van der Waals surface area contributed by atoms with E-state index in [1.54, 1.807) is 42.5 Å². The van der Waals surface area contributed by atoms with Crippen LogP contribution < -0.4 is 21.5 Å². The number of aromatic amines is 1. The number of hydrogen-bond donors (Lipinski definition) is 4. The van der Waals surface area contributed by atoms with Gasteiger partial charge in [0.2, 0.25) is 11.8 Å². The van der Waals surface area contributed by atoms with Gasteiger partial charge in [-0.05, 0) is 37.1 Å². The number of nitrogens with zero attached hydrogens (tertiary/aromatic N) is 1. The summed E-state index contributed by atoms with van der Waals surface area (Å²) in [5, 5.41) is 8.74. The van der Waals surface area contributed by atoms with Crippen LogP contribution in [0.25, 0.3) is 10.9 Å². The first-order chi connectivity index (χ1) is 15.5. The Labute approximate surface area is 183 Å². The Kier molecular flexibility index (Phi) is 6.25. The molecule has 0 saturated heterocycles. The summed E-state index contributed by atoms with van der Waals surface area (Å²) in [6, 6.07) is 13.2. The van der Waals surface area contributed by atoms with E-state index in [0.717, 1.165) is 0 Å². The normalized spacial score (nSPS) is 15.4. The van der Waals surface area contributed by atoms with Crippen molar-refractivity contribution < 1.29 is 14.4 Å². The van der Waals surface area contributed by atoms with Crippen molar-refractivity contribution in [2.75, 3.05) is 11.9 Å². The summed E-state index contributed by atoms with van der Waals surface area (Å²) in [6.07, 6.45) is 1.51. The minimum absolute atomic E-state index is 0.170. The number of aromatic nitrogens is 2. The van der Waals surface area contributed by atoms with Gasteiger partial charge in [-0.15, -0.1) is 0 Å². The first-order valence-corrected chi connectivity index (χ1v) is 10.5. The molecule has 4 N–H and O–H groups in total. The van der Waals surface area contributed by atoms with E-state index in [0.29, 0.717) is 40.8 Å². The van der Waals surface area contributed by atoms with Gasteiger partial charge in [0.05, 0.1) is 22.2 Å². The highest BCUT2D eigenvalue weighted by molar-refractivity contribution is 6.09. The lowest BCUT2D eigenvalue weighted by Gasteiger charge is -2.14. The van der Waals surface area contributed by atoms with Gasteiger partial charge in [0.25, 0.3) is 11.5 Å². The number of rotatable bonds is 7. The molecule has 2 heterocycles. The smallest absolute Gasteiger partial charge is 0.258 e. The Morgan fingerprint density at radius 1 is 1.03 bits per heavy atom. The van der Waals surface area contributed by atoms with Gasteiger partial charge < -0.3 is 20.9 Å². The van der Waals surface area contributed by atoms with Crippen molar-refractivity contribution >= 4 is 34.3 Å². The van der Waals surface area contributed by atoms with Crippen LogP contribution in [-0.4, -0.2) is 40.3 Å². The average Bonchev–Trinajstić information content (AvgIpc) is 2.90. The van der Waals surface area contributed by atoms with Crippen LogP contribution in [0, 0.1) is 0 Å². The van der Waals surface area contributed by atoms with Crippen molar-refractivity contribution in [1.29, 1.82) is 0 Å². The number of hydrogen-bond acceptors (Lipinski definition) is 5. The zero-order valence-corrected chi connectivity index (χ0v) is 17.3. The van der Waals surface area contributed by atoms with Crippen molar-refractivity contribution in [2.45, 2.75) is 31.7 Å². The third-order valence-electron chi connectivity index (χ3n) is 5.29. The highest BCUT2D eigenvalue weighted by atomic mass is 16.2. The number of benzene rings is 2. The van der Waals surface area contributed by atoms with Crippen LogP contribution in [0.2, 0.25) is 0 Å². The topological polar surface area (TPSA) is 133 Å². The molecule has 1 unspecified atom stereocenters. The minimum atomic E-state index is -0.734. The summed E-state index contributed by atoms with van der Waals surface area (Å²) in [7, 11) is 0. The fourth-order valence-corrected chi connectivity index (χ4v) is 3.63. The number of nitrogens with one attached hydrogen (secondary N) is 4. The van der Waals surface area contributed by atoms with E-state index in [4.69, 9.17) is 0 Å². The van der Waals surface area contributed by atoms with E-state index in [9.17, 15) is 19.2 Å². The number of fused-ring (bicyclic) bond motifs is 2. The third-order valence-corrected chi connectivity index (χ3v) is 5.29. The molecule has 3 aromatic rings. The second kappa shape index (κ2) is 9.42. The van der Waals surface area contributed by atoms with Crippen LogP contribution in [-0.2, 0) is 16.0 Å². The Morgan fingerprint density at radius 2 is 1.81 bits per heavy atom. The van der Waals surface area contributed by atoms with Gasteiger partial charge in [-0.3, -0.25) is 19.2 Å². The van der Waals surface area contributed by atoms with Gasteiger partial charge in [-0.2, -0.15) is 0 Å². The molecule has 1 aromatic heterocycles. The van der Waals surface area contributed by atoms with E-state index in [1.807, 2.05) is 6.07 Å². The number of para-hydroxylation sites is 2. The van der Waals surface area contributed by atoms with Crippen LogP contribution in [0.15, 0.2) is 53.3 Å². The maximum atomic E-state index is 12.4. The van der Waals surface area contributed by atoms with E-state index in [2.05, 4.69) is 25.9 Å². The molecule has 9 nitrogen and oxygen atoms in total. The molecule has 164 valence electrons. The van der Waals surface area contributed by atoms with Crippen molar-refractivity contribution in [3.05, 3.63) is 70.3 Å². The van der Waals surface area contributed by atoms with Crippen LogP contribution in [0.4, 0.5) is 5.69 Å². The van der Waals surface area contributed by atoms with Gasteiger partial charge in [-0.1, -0.05) is 24.3 Å². The maximum absolute atomic E-state index is 12.4. The number of anilines is 1. The number of aryl methyl sites for hydroxylation is 1. The van der Waals surface area contributed by atoms with Crippen molar-refractivity contribution in [3.8, 4) is 0 Å². The molecule has 0 bridgehead atoms. The Bertz CT molecular complexity index is 1240. The van der Waals surface area contributed by atoms with Gasteiger partial charge in [-0.25, -0.2) is 4.98 Å². The second-order valence-corrected chi connectivity index (χ2v) is 7.58. The standard InChI is InChI=1S/C23H23N5O4/c29-20(11-5-10-19-25-16-8-3-1-6-14(16)22(31)28-19)24-13-12-18-23(32)26-17-9-4-2-7-15(17)21(30)27-18/h1-4,6-9,18H,5,10-13H2,(H,24,29)(H,26,32)(H,27,30)(H,25,28,31). The second-order valence-electron chi connectivity index (χ2n) is 7.58. The largest absolute Gasteiger partial charge is 0.356 e. The van der Waals surface area contributed by atoms with Crippen molar-refractivity contribution in [3.63, 3.8) is 0 Å². The fourth-order valence-electron chi connectivity index (χ4n) is 3.63. The lowest BCUT2D eigenvalue weighted by Crippen LogP contribution is -2.43. The van der Waals surface area contributed by atoms with E-state index in [1.165, 1.54) is 0 Å². The molecule has 9 heteroatoms. The van der Waals surface area contributed by atoms with Crippen LogP contribution >= 0.6 is 0 Å². The SMILES string of the molecule is O=C(CCCc1nc2ccccc2c(=O)[nH]1)NCCC1NC(=O)c2ccccc2NC1=O. The van der Waals surface area contributed by atoms with Gasteiger partial charge >= 0.3 is 0 Å². The maximum Gasteiger partial charge on any atom is 0.258 e. The molecule has 0 radical (unpaired) electrons. The van der Waals surface area contributed by atoms with Crippen molar-refractivity contribution in [2.24, 2.45) is 0 Å². The highest BCUT2D eigenvalue weighted by Gasteiger charge is 2.27. The predicted molar refractivity (Wildman–Crippen MR) is 119 cm³/mol. The summed E-state index contributed by atoms with van der Waals surface area (Å²) in [6.45, 7) is 0.249. The zero-order chi connectivity index (χ0) is 22.5. The molecular formula is C23H23N5O4. The molecular weight excluding hydrogens is 410 g/mol. The molecule has 0 saturated carbocycles. The highest BCUT2D eigenvalue weighted by Crippen LogP contribution is 2.18. The quantitative estimate of drug-likeness (QED) is 0.448. The number of carbonyl (C=O) groups is 3. The molecule has 1 aliphatic heterocycles. The summed E-state index contributed by atoms with van der Waals surface area (Å²) in [5.74, 6) is -0.272. The monoisotopic (exact) mass is 433 g/mol. The average molecular weight is 433 g/mol. The van der Waals surface area contributed by atoms with Gasteiger partial charge in [0, 0.05) is 19.4 Å². The molecule has 0 aliphatic carbocycles. The van der Waals surface area contributed by atoms with E-state index >= 15 is 0 Å².